The van der Waals surface area contributed by atoms with E-state index in [9.17, 15) is 9.90 Å². The van der Waals surface area contributed by atoms with Crippen LogP contribution in [0.1, 0.15) is 25.0 Å². The van der Waals surface area contributed by atoms with Crippen LogP contribution in [0.25, 0.3) is 11.1 Å². The highest BCUT2D eigenvalue weighted by atomic mass is 16.3. The highest BCUT2D eigenvalue weighted by Gasteiger charge is 2.16. The van der Waals surface area contributed by atoms with E-state index in [0.29, 0.717) is 17.6 Å². The molecule has 4 heteroatoms. The third-order valence-corrected chi connectivity index (χ3v) is 2.32. The molecular weight excluding hydrogens is 194 g/mol. The van der Waals surface area contributed by atoms with Crippen LogP contribution in [-0.4, -0.2) is 15.9 Å². The lowest BCUT2D eigenvalue weighted by atomic mass is 10.0. The second-order valence-corrected chi connectivity index (χ2v) is 3.30. The second kappa shape index (κ2) is 3.82. The van der Waals surface area contributed by atoms with Gasteiger partial charge in [0.1, 0.15) is 11.6 Å². The van der Waals surface area contributed by atoms with Crippen molar-refractivity contribution in [2.75, 3.05) is 0 Å². The molecule has 78 valence electrons. The molecule has 0 saturated heterocycles. The van der Waals surface area contributed by atoms with E-state index in [-0.39, 0.29) is 5.78 Å². The number of hydrogen-bond acceptors (Lipinski definition) is 4. The fourth-order valence-corrected chi connectivity index (χ4v) is 1.42. The van der Waals surface area contributed by atoms with Crippen LogP contribution >= 0.6 is 0 Å². The number of aliphatic hydroxyl groups is 1. The second-order valence-electron chi connectivity index (χ2n) is 3.30. The zero-order valence-corrected chi connectivity index (χ0v) is 8.30. The van der Waals surface area contributed by atoms with Crippen molar-refractivity contribution < 1.29 is 14.3 Å². The zero-order valence-electron chi connectivity index (χ0n) is 8.30. The number of carbonyl (C=O) groups excluding carboxylic acids is 1. The van der Waals surface area contributed by atoms with Crippen molar-refractivity contribution in [2.24, 2.45) is 0 Å². The average Bonchev–Trinajstić information content (AvgIpc) is 2.73. The van der Waals surface area contributed by atoms with Gasteiger partial charge < -0.3 is 9.52 Å². The van der Waals surface area contributed by atoms with E-state index in [1.165, 1.54) is 6.39 Å². The van der Waals surface area contributed by atoms with Gasteiger partial charge in [-0.1, -0.05) is 13.0 Å². The fourth-order valence-electron chi connectivity index (χ4n) is 1.42. The van der Waals surface area contributed by atoms with Crippen LogP contribution in [0.4, 0.5) is 0 Å². The summed E-state index contributed by atoms with van der Waals surface area (Å²) in [6.45, 7) is 1.72. The summed E-state index contributed by atoms with van der Waals surface area (Å²) in [5.74, 6) is -0.200. The standard InChI is InChI=1S/C11H11NO3/c1-2-9(13)11(14)7-3-4-8-10(5-7)15-6-12-8/h3-6,11,14H,2H2,1H3. The summed E-state index contributed by atoms with van der Waals surface area (Å²) in [7, 11) is 0. The highest BCUT2D eigenvalue weighted by Crippen LogP contribution is 2.20. The molecule has 1 aromatic heterocycles. The zero-order chi connectivity index (χ0) is 10.8. The first-order chi connectivity index (χ1) is 7.22. The summed E-state index contributed by atoms with van der Waals surface area (Å²) >= 11 is 0. The lowest BCUT2D eigenvalue weighted by Gasteiger charge is -2.07. The number of aliphatic hydroxyl groups excluding tert-OH is 1. The first kappa shape index (κ1) is 9.86. The summed E-state index contributed by atoms with van der Waals surface area (Å²) < 4.78 is 5.09. The van der Waals surface area contributed by atoms with Gasteiger partial charge >= 0.3 is 0 Å². The van der Waals surface area contributed by atoms with E-state index in [2.05, 4.69) is 4.98 Å². The minimum atomic E-state index is -1.07. The molecule has 1 unspecified atom stereocenters. The first-order valence-electron chi connectivity index (χ1n) is 4.76. The predicted octanol–water partition coefficient (Wildman–Crippen LogP) is 1.84. The van der Waals surface area contributed by atoms with Crippen molar-refractivity contribution in [3.8, 4) is 0 Å². The van der Waals surface area contributed by atoms with Crippen LogP contribution < -0.4 is 0 Å². The summed E-state index contributed by atoms with van der Waals surface area (Å²) in [5.41, 5.74) is 1.84. The molecule has 0 aliphatic rings. The van der Waals surface area contributed by atoms with Crippen LogP contribution in [0.15, 0.2) is 29.0 Å². The summed E-state index contributed by atoms with van der Waals surface area (Å²) in [6.07, 6.45) is 0.586. The molecule has 4 nitrogen and oxygen atoms in total. The minimum absolute atomic E-state index is 0.200. The number of Topliss-reactive ketones (excluding diaryl/α,β-unsaturated/α-hetero) is 1. The van der Waals surface area contributed by atoms with Crippen molar-refractivity contribution in [2.45, 2.75) is 19.4 Å². The Hall–Kier alpha value is -1.68. The molecule has 1 atom stereocenters. The van der Waals surface area contributed by atoms with Crippen molar-refractivity contribution in [3.63, 3.8) is 0 Å². The third-order valence-electron chi connectivity index (χ3n) is 2.32. The maximum Gasteiger partial charge on any atom is 0.181 e. The van der Waals surface area contributed by atoms with Crippen LogP contribution in [0.3, 0.4) is 0 Å². The van der Waals surface area contributed by atoms with Gasteiger partial charge in [0.2, 0.25) is 0 Å². The Labute approximate surface area is 86.5 Å². The molecule has 0 bridgehead atoms. The van der Waals surface area contributed by atoms with E-state index in [1.54, 1.807) is 25.1 Å². The molecule has 0 amide bonds. The number of benzene rings is 1. The van der Waals surface area contributed by atoms with Crippen LogP contribution in [0.5, 0.6) is 0 Å². The van der Waals surface area contributed by atoms with E-state index in [0.717, 1.165) is 5.52 Å². The van der Waals surface area contributed by atoms with Crippen LogP contribution in [0.2, 0.25) is 0 Å². The molecule has 1 heterocycles. The molecule has 0 aliphatic carbocycles. The van der Waals surface area contributed by atoms with Crippen molar-refractivity contribution in [1.29, 1.82) is 0 Å². The van der Waals surface area contributed by atoms with Gasteiger partial charge in [-0.3, -0.25) is 4.79 Å². The topological polar surface area (TPSA) is 63.3 Å². The number of hydrogen-bond donors (Lipinski definition) is 1. The Kier molecular flexibility index (Phi) is 2.51. The molecule has 1 aromatic carbocycles. The number of ketones is 1. The molecule has 1 N–H and O–H groups in total. The third kappa shape index (κ3) is 1.76. The lowest BCUT2D eigenvalue weighted by molar-refractivity contribution is -0.127. The summed E-state index contributed by atoms with van der Waals surface area (Å²) in [4.78, 5) is 15.2. The van der Waals surface area contributed by atoms with Gasteiger partial charge in [0.05, 0.1) is 0 Å². The number of rotatable bonds is 3. The van der Waals surface area contributed by atoms with Gasteiger partial charge in [0.25, 0.3) is 0 Å². The van der Waals surface area contributed by atoms with E-state index in [4.69, 9.17) is 4.42 Å². The molecule has 0 spiro atoms. The Balaban J connectivity index is 2.39. The van der Waals surface area contributed by atoms with Crippen molar-refractivity contribution in [1.82, 2.24) is 4.98 Å². The largest absolute Gasteiger partial charge is 0.443 e. The molecule has 0 fully saturated rings. The molecule has 0 saturated carbocycles. The van der Waals surface area contributed by atoms with Gasteiger partial charge in [0.15, 0.2) is 17.8 Å². The molecule has 2 aromatic rings. The number of carbonyl (C=O) groups is 1. The predicted molar refractivity (Wildman–Crippen MR) is 54.3 cm³/mol. The Morgan fingerprint density at radius 3 is 3.13 bits per heavy atom. The SMILES string of the molecule is CCC(=O)C(O)c1ccc2ncoc2c1. The van der Waals surface area contributed by atoms with Crippen LogP contribution in [0, 0.1) is 0 Å². The Morgan fingerprint density at radius 1 is 1.60 bits per heavy atom. The van der Waals surface area contributed by atoms with E-state index < -0.39 is 6.10 Å². The molecule has 2 rings (SSSR count). The molecule has 0 aliphatic heterocycles. The minimum Gasteiger partial charge on any atom is -0.443 e. The van der Waals surface area contributed by atoms with Crippen molar-refractivity contribution in [3.05, 3.63) is 30.2 Å². The van der Waals surface area contributed by atoms with Gasteiger partial charge in [-0.15, -0.1) is 0 Å². The molecule has 0 radical (unpaired) electrons. The van der Waals surface area contributed by atoms with Crippen LogP contribution in [-0.2, 0) is 4.79 Å². The van der Waals surface area contributed by atoms with E-state index >= 15 is 0 Å². The number of oxazole rings is 1. The van der Waals surface area contributed by atoms with Gasteiger partial charge in [-0.25, -0.2) is 4.98 Å². The van der Waals surface area contributed by atoms with Gasteiger partial charge in [-0.2, -0.15) is 0 Å². The van der Waals surface area contributed by atoms with Gasteiger partial charge in [0, 0.05) is 6.42 Å². The average molecular weight is 205 g/mol. The first-order valence-corrected chi connectivity index (χ1v) is 4.76. The summed E-state index contributed by atoms with van der Waals surface area (Å²) in [6, 6.07) is 5.05. The Bertz CT molecular complexity index is 489. The highest BCUT2D eigenvalue weighted by molar-refractivity contribution is 5.85. The maximum atomic E-state index is 11.3. The monoisotopic (exact) mass is 205 g/mol. The summed E-state index contributed by atoms with van der Waals surface area (Å²) in [5, 5.41) is 9.67. The fraction of sp³-hybridized carbons (Fsp3) is 0.273. The van der Waals surface area contributed by atoms with Crippen molar-refractivity contribution >= 4 is 16.9 Å². The molecular formula is C11H11NO3. The van der Waals surface area contributed by atoms with E-state index in [1.807, 2.05) is 0 Å². The van der Waals surface area contributed by atoms with Gasteiger partial charge in [-0.05, 0) is 17.7 Å². The number of nitrogens with zero attached hydrogens (tertiary/aromatic N) is 1. The quantitative estimate of drug-likeness (QED) is 0.830. The number of aromatic nitrogens is 1. The maximum absolute atomic E-state index is 11.3. The number of fused-ring (bicyclic) bond motifs is 1. The smallest absolute Gasteiger partial charge is 0.181 e. The lowest BCUT2D eigenvalue weighted by Crippen LogP contribution is -2.10. The normalized spacial score (nSPS) is 12.9. The molecule has 15 heavy (non-hydrogen) atoms. The Morgan fingerprint density at radius 2 is 2.40 bits per heavy atom.